The molecule has 2 rings (SSSR count). The Morgan fingerprint density at radius 3 is 2.78 bits per heavy atom. The van der Waals surface area contributed by atoms with E-state index in [-0.39, 0.29) is 5.91 Å². The zero-order chi connectivity index (χ0) is 13.0. The smallest absolute Gasteiger partial charge is 0.261 e. The lowest BCUT2D eigenvalue weighted by Crippen LogP contribution is -2.25. The summed E-state index contributed by atoms with van der Waals surface area (Å²) in [6, 6.07) is 1.77. The van der Waals surface area contributed by atoms with Crippen molar-refractivity contribution in [3.05, 3.63) is 15.8 Å². The van der Waals surface area contributed by atoms with E-state index in [0.29, 0.717) is 0 Å². The fraction of sp³-hybridized carbons (Fsp3) is 0.643. The Hall–Kier alpha value is -1.03. The lowest BCUT2D eigenvalue weighted by atomic mass is 9.87. The fourth-order valence-corrected chi connectivity index (χ4v) is 3.42. The van der Waals surface area contributed by atoms with Crippen LogP contribution in [0.2, 0.25) is 0 Å². The second kappa shape index (κ2) is 6.23. The summed E-state index contributed by atoms with van der Waals surface area (Å²) in [7, 11) is 0. The molecule has 0 bridgehead atoms. The quantitative estimate of drug-likeness (QED) is 0.878. The van der Waals surface area contributed by atoms with Gasteiger partial charge in [-0.15, -0.1) is 11.3 Å². The summed E-state index contributed by atoms with van der Waals surface area (Å²) >= 11 is 1.47. The summed E-state index contributed by atoms with van der Waals surface area (Å²) in [6.07, 6.45) is 7.89. The first kappa shape index (κ1) is 13.4. The predicted molar refractivity (Wildman–Crippen MR) is 77.0 cm³/mol. The molecule has 3 N–H and O–H groups in total. The molecule has 0 unspecified atom stereocenters. The van der Waals surface area contributed by atoms with Gasteiger partial charge >= 0.3 is 0 Å². The monoisotopic (exact) mass is 266 g/mol. The molecule has 0 spiro atoms. The van der Waals surface area contributed by atoms with Crippen LogP contribution >= 0.6 is 11.3 Å². The highest BCUT2D eigenvalue weighted by Gasteiger charge is 2.14. The Morgan fingerprint density at radius 2 is 2.17 bits per heavy atom. The summed E-state index contributed by atoms with van der Waals surface area (Å²) in [5.41, 5.74) is 6.47. The van der Waals surface area contributed by atoms with E-state index in [1.54, 1.807) is 6.07 Å². The molecule has 0 aliphatic heterocycles. The number of aryl methyl sites for hydroxylation is 1. The van der Waals surface area contributed by atoms with Gasteiger partial charge in [-0.25, -0.2) is 0 Å². The van der Waals surface area contributed by atoms with Crippen LogP contribution in [0.15, 0.2) is 6.07 Å². The van der Waals surface area contributed by atoms with Gasteiger partial charge in [0.15, 0.2) is 0 Å². The van der Waals surface area contributed by atoms with Crippen LogP contribution < -0.4 is 11.1 Å². The SMILES string of the molecule is Cc1sc(C(=O)NCCC2CCCCC2)cc1N. The Bertz CT molecular complexity index is 388. The van der Waals surface area contributed by atoms with Crippen LogP contribution in [-0.4, -0.2) is 12.5 Å². The molecule has 0 saturated heterocycles. The third-order valence-corrected chi connectivity index (χ3v) is 4.81. The van der Waals surface area contributed by atoms with Crippen LogP contribution in [0.5, 0.6) is 0 Å². The molecule has 1 aromatic heterocycles. The van der Waals surface area contributed by atoms with Gasteiger partial charge in [0.2, 0.25) is 0 Å². The number of nitrogens with one attached hydrogen (secondary N) is 1. The maximum absolute atomic E-state index is 11.9. The van der Waals surface area contributed by atoms with Crippen molar-refractivity contribution < 1.29 is 4.79 Å². The standard InChI is InChI=1S/C14H22N2OS/c1-10-12(15)9-13(18-10)14(17)16-8-7-11-5-3-2-4-6-11/h9,11H,2-8,15H2,1H3,(H,16,17). The third kappa shape index (κ3) is 3.48. The number of amides is 1. The number of anilines is 1. The molecular formula is C14H22N2OS. The van der Waals surface area contributed by atoms with E-state index in [1.807, 2.05) is 6.92 Å². The number of nitrogens with two attached hydrogens (primary N) is 1. The molecule has 18 heavy (non-hydrogen) atoms. The van der Waals surface area contributed by atoms with Crippen molar-refractivity contribution in [1.29, 1.82) is 0 Å². The van der Waals surface area contributed by atoms with E-state index in [2.05, 4.69) is 5.32 Å². The van der Waals surface area contributed by atoms with Gasteiger partial charge in [-0.3, -0.25) is 4.79 Å². The van der Waals surface area contributed by atoms with Gasteiger partial charge in [0.1, 0.15) is 0 Å². The van der Waals surface area contributed by atoms with Crippen molar-refractivity contribution in [2.24, 2.45) is 5.92 Å². The third-order valence-electron chi connectivity index (χ3n) is 3.74. The fourth-order valence-electron chi connectivity index (χ4n) is 2.56. The van der Waals surface area contributed by atoms with E-state index in [4.69, 9.17) is 5.73 Å². The lowest BCUT2D eigenvalue weighted by Gasteiger charge is -2.21. The van der Waals surface area contributed by atoms with E-state index in [0.717, 1.165) is 34.3 Å². The Kier molecular flexibility index (Phi) is 4.64. The van der Waals surface area contributed by atoms with Crippen molar-refractivity contribution in [2.75, 3.05) is 12.3 Å². The zero-order valence-corrected chi connectivity index (χ0v) is 11.8. The maximum atomic E-state index is 11.9. The van der Waals surface area contributed by atoms with Crippen LogP contribution in [0.1, 0.15) is 53.1 Å². The van der Waals surface area contributed by atoms with Gasteiger partial charge < -0.3 is 11.1 Å². The molecule has 0 atom stereocenters. The summed E-state index contributed by atoms with van der Waals surface area (Å²) < 4.78 is 0. The summed E-state index contributed by atoms with van der Waals surface area (Å²) in [5.74, 6) is 0.838. The topological polar surface area (TPSA) is 55.1 Å². The summed E-state index contributed by atoms with van der Waals surface area (Å²) in [6.45, 7) is 2.74. The second-order valence-electron chi connectivity index (χ2n) is 5.17. The molecule has 1 saturated carbocycles. The number of hydrogen-bond donors (Lipinski definition) is 2. The average Bonchev–Trinajstić information content (AvgIpc) is 2.71. The Morgan fingerprint density at radius 1 is 1.44 bits per heavy atom. The van der Waals surface area contributed by atoms with Gasteiger partial charge in [-0.1, -0.05) is 32.1 Å². The summed E-state index contributed by atoms with van der Waals surface area (Å²) in [5, 5.41) is 3.00. The van der Waals surface area contributed by atoms with Crippen molar-refractivity contribution in [2.45, 2.75) is 45.4 Å². The van der Waals surface area contributed by atoms with Crippen LogP contribution in [-0.2, 0) is 0 Å². The van der Waals surface area contributed by atoms with Crippen LogP contribution in [0, 0.1) is 12.8 Å². The molecule has 100 valence electrons. The first-order valence-corrected chi connectivity index (χ1v) is 7.62. The number of hydrogen-bond acceptors (Lipinski definition) is 3. The first-order chi connectivity index (χ1) is 8.66. The Balaban J connectivity index is 1.74. The predicted octanol–water partition coefficient (Wildman–Crippen LogP) is 3.34. The second-order valence-corrected chi connectivity index (χ2v) is 6.43. The normalized spacial score (nSPS) is 16.7. The largest absolute Gasteiger partial charge is 0.398 e. The van der Waals surface area contributed by atoms with Crippen LogP contribution in [0.3, 0.4) is 0 Å². The molecule has 1 fully saturated rings. The Labute approximate surface area is 113 Å². The molecule has 1 amide bonds. The van der Waals surface area contributed by atoms with Gasteiger partial charge in [0.25, 0.3) is 5.91 Å². The highest BCUT2D eigenvalue weighted by molar-refractivity contribution is 7.14. The number of carbonyl (C=O) groups excluding carboxylic acids is 1. The van der Waals surface area contributed by atoms with Gasteiger partial charge in [0, 0.05) is 17.1 Å². The van der Waals surface area contributed by atoms with Gasteiger partial charge in [-0.2, -0.15) is 0 Å². The molecule has 1 aliphatic rings. The summed E-state index contributed by atoms with van der Waals surface area (Å²) in [4.78, 5) is 13.6. The van der Waals surface area contributed by atoms with E-state index >= 15 is 0 Å². The minimum absolute atomic E-state index is 0.0237. The number of thiophene rings is 1. The maximum Gasteiger partial charge on any atom is 0.261 e. The molecule has 1 aromatic rings. The highest BCUT2D eigenvalue weighted by atomic mass is 32.1. The zero-order valence-electron chi connectivity index (χ0n) is 11.0. The number of rotatable bonds is 4. The minimum atomic E-state index is 0.0237. The molecule has 3 nitrogen and oxygen atoms in total. The van der Waals surface area contributed by atoms with Crippen molar-refractivity contribution in [1.82, 2.24) is 5.32 Å². The molecular weight excluding hydrogens is 244 g/mol. The molecule has 1 heterocycles. The molecule has 1 aliphatic carbocycles. The minimum Gasteiger partial charge on any atom is -0.398 e. The van der Waals surface area contributed by atoms with Gasteiger partial charge in [0.05, 0.1) is 4.88 Å². The number of nitrogen functional groups attached to an aromatic ring is 1. The van der Waals surface area contributed by atoms with Crippen LogP contribution in [0.4, 0.5) is 5.69 Å². The average molecular weight is 266 g/mol. The molecule has 0 aromatic carbocycles. The van der Waals surface area contributed by atoms with Crippen LogP contribution in [0.25, 0.3) is 0 Å². The highest BCUT2D eigenvalue weighted by Crippen LogP contribution is 2.26. The number of carbonyl (C=O) groups is 1. The van der Waals surface area contributed by atoms with Crippen molar-refractivity contribution in [3.63, 3.8) is 0 Å². The van der Waals surface area contributed by atoms with E-state index < -0.39 is 0 Å². The van der Waals surface area contributed by atoms with Crippen molar-refractivity contribution in [3.8, 4) is 0 Å². The first-order valence-electron chi connectivity index (χ1n) is 6.81. The van der Waals surface area contributed by atoms with E-state index in [1.165, 1.54) is 43.4 Å². The van der Waals surface area contributed by atoms with Crippen molar-refractivity contribution >= 4 is 22.9 Å². The van der Waals surface area contributed by atoms with Gasteiger partial charge in [-0.05, 0) is 25.3 Å². The lowest BCUT2D eigenvalue weighted by molar-refractivity contribution is 0.0954. The molecule has 4 heteroatoms. The molecule has 0 radical (unpaired) electrons. The van der Waals surface area contributed by atoms with E-state index in [9.17, 15) is 4.79 Å².